The van der Waals surface area contributed by atoms with Crippen LogP contribution in [0.25, 0.3) is 0 Å². The third kappa shape index (κ3) is 2.99. The minimum atomic E-state index is -1.12. The third-order valence-electron chi connectivity index (χ3n) is 4.13. The Morgan fingerprint density at radius 1 is 1.21 bits per heavy atom. The fraction of sp³-hybridized carbons (Fsp3) is 0.278. The number of rotatable bonds is 4. The zero-order chi connectivity index (χ0) is 17.2. The van der Waals surface area contributed by atoms with Crippen molar-refractivity contribution in [2.24, 2.45) is 0 Å². The first-order valence-corrected chi connectivity index (χ1v) is 8.10. The van der Waals surface area contributed by atoms with Crippen LogP contribution in [0, 0.1) is 0 Å². The number of hydrogen-bond donors (Lipinski definition) is 1. The van der Waals surface area contributed by atoms with Crippen molar-refractivity contribution >= 4 is 23.5 Å². The molecule has 2 aromatic rings. The maximum atomic E-state index is 12.6. The lowest BCUT2D eigenvalue weighted by Gasteiger charge is -2.28. The zero-order valence-electron chi connectivity index (χ0n) is 13.2. The van der Waals surface area contributed by atoms with Crippen molar-refractivity contribution in [1.82, 2.24) is 10.3 Å². The average molecular weight is 345 g/mol. The van der Waals surface area contributed by atoms with Crippen molar-refractivity contribution in [3.63, 3.8) is 0 Å². The Morgan fingerprint density at radius 2 is 1.88 bits per heavy atom. The number of ether oxygens (including phenoxy) is 1. The summed E-state index contributed by atoms with van der Waals surface area (Å²) < 4.78 is 5.23. The first-order chi connectivity index (χ1) is 11.6. The molecule has 0 fully saturated rings. The van der Waals surface area contributed by atoms with Crippen molar-refractivity contribution < 1.29 is 14.3 Å². The molecule has 3 rings (SSSR count). The van der Waals surface area contributed by atoms with Crippen molar-refractivity contribution in [2.45, 2.75) is 25.3 Å². The van der Waals surface area contributed by atoms with Crippen LogP contribution in [0.2, 0.25) is 5.15 Å². The van der Waals surface area contributed by atoms with Gasteiger partial charge in [-0.1, -0.05) is 35.9 Å². The standard InChI is InChI=1S/C18H17ClN2O3/c1-2-24-17(23)18(10-12-6-3-4-7-13(12)11-18)21-16(22)14-8-5-9-20-15(14)19/h3-9H,2,10-11H2,1H3,(H,21,22). The lowest BCUT2D eigenvalue weighted by Crippen LogP contribution is -2.56. The highest BCUT2D eigenvalue weighted by Gasteiger charge is 2.46. The van der Waals surface area contributed by atoms with Gasteiger partial charge in [-0.15, -0.1) is 0 Å². The van der Waals surface area contributed by atoms with Crippen LogP contribution in [0.5, 0.6) is 0 Å². The van der Waals surface area contributed by atoms with Gasteiger partial charge < -0.3 is 10.1 Å². The van der Waals surface area contributed by atoms with Crippen molar-refractivity contribution in [1.29, 1.82) is 0 Å². The predicted molar refractivity (Wildman–Crippen MR) is 89.9 cm³/mol. The number of carbonyl (C=O) groups is 2. The number of nitrogens with zero attached hydrogens (tertiary/aromatic N) is 1. The van der Waals surface area contributed by atoms with E-state index in [9.17, 15) is 9.59 Å². The van der Waals surface area contributed by atoms with Crippen LogP contribution in [0.4, 0.5) is 0 Å². The Bertz CT molecular complexity index is 766. The van der Waals surface area contributed by atoms with Gasteiger partial charge in [0.1, 0.15) is 10.7 Å². The molecule has 6 heteroatoms. The molecular formula is C18H17ClN2O3. The summed E-state index contributed by atoms with van der Waals surface area (Å²) >= 11 is 5.99. The second-order valence-electron chi connectivity index (χ2n) is 5.72. The summed E-state index contributed by atoms with van der Waals surface area (Å²) in [4.78, 5) is 29.2. The first kappa shape index (κ1) is 16.5. The van der Waals surface area contributed by atoms with Gasteiger partial charge in [0.05, 0.1) is 12.2 Å². The van der Waals surface area contributed by atoms with Gasteiger partial charge in [-0.05, 0) is 30.2 Å². The second-order valence-corrected chi connectivity index (χ2v) is 6.08. The number of nitrogens with one attached hydrogen (secondary N) is 1. The highest BCUT2D eigenvalue weighted by molar-refractivity contribution is 6.32. The number of benzene rings is 1. The van der Waals surface area contributed by atoms with E-state index in [1.54, 1.807) is 19.1 Å². The number of esters is 1. The minimum Gasteiger partial charge on any atom is -0.464 e. The molecule has 0 saturated heterocycles. The molecule has 1 aliphatic carbocycles. The third-order valence-corrected chi connectivity index (χ3v) is 4.43. The molecular weight excluding hydrogens is 328 g/mol. The molecule has 0 unspecified atom stereocenters. The van der Waals surface area contributed by atoms with E-state index in [1.807, 2.05) is 24.3 Å². The van der Waals surface area contributed by atoms with Crippen LogP contribution in [0.1, 0.15) is 28.4 Å². The molecule has 1 aromatic heterocycles. The lowest BCUT2D eigenvalue weighted by atomic mass is 9.95. The smallest absolute Gasteiger partial charge is 0.332 e. The second kappa shape index (κ2) is 6.61. The number of hydrogen-bond acceptors (Lipinski definition) is 4. The molecule has 0 spiro atoms. The van der Waals surface area contributed by atoms with Gasteiger partial charge in [0.2, 0.25) is 0 Å². The van der Waals surface area contributed by atoms with E-state index < -0.39 is 17.4 Å². The quantitative estimate of drug-likeness (QED) is 0.683. The Kier molecular flexibility index (Phi) is 4.53. The van der Waals surface area contributed by atoms with Crippen LogP contribution < -0.4 is 5.32 Å². The molecule has 0 bridgehead atoms. The van der Waals surface area contributed by atoms with Crippen LogP contribution in [0.3, 0.4) is 0 Å². The Morgan fingerprint density at radius 3 is 2.46 bits per heavy atom. The molecule has 0 aliphatic heterocycles. The van der Waals surface area contributed by atoms with Gasteiger partial charge in [-0.25, -0.2) is 9.78 Å². The van der Waals surface area contributed by atoms with Crippen LogP contribution >= 0.6 is 11.6 Å². The zero-order valence-corrected chi connectivity index (χ0v) is 14.0. The van der Waals surface area contributed by atoms with E-state index in [4.69, 9.17) is 16.3 Å². The minimum absolute atomic E-state index is 0.101. The summed E-state index contributed by atoms with van der Waals surface area (Å²) in [6.45, 7) is 1.99. The van der Waals surface area contributed by atoms with Gasteiger partial charge in [-0.2, -0.15) is 0 Å². The van der Waals surface area contributed by atoms with Crippen molar-refractivity contribution in [3.05, 3.63) is 64.4 Å². The number of aromatic nitrogens is 1. The molecule has 0 saturated carbocycles. The van der Waals surface area contributed by atoms with E-state index in [0.29, 0.717) is 12.8 Å². The summed E-state index contributed by atoms with van der Waals surface area (Å²) in [5.41, 5.74) is 1.18. The first-order valence-electron chi connectivity index (χ1n) is 7.73. The summed E-state index contributed by atoms with van der Waals surface area (Å²) in [7, 11) is 0. The largest absolute Gasteiger partial charge is 0.464 e. The maximum Gasteiger partial charge on any atom is 0.332 e. The van der Waals surface area contributed by atoms with E-state index in [0.717, 1.165) is 11.1 Å². The van der Waals surface area contributed by atoms with E-state index >= 15 is 0 Å². The van der Waals surface area contributed by atoms with Gasteiger partial charge in [0.25, 0.3) is 5.91 Å². The number of halogens is 1. The van der Waals surface area contributed by atoms with Gasteiger partial charge >= 0.3 is 5.97 Å². The molecule has 1 aliphatic rings. The molecule has 0 radical (unpaired) electrons. The lowest BCUT2D eigenvalue weighted by molar-refractivity contribution is -0.150. The monoisotopic (exact) mass is 344 g/mol. The van der Waals surface area contributed by atoms with Crippen molar-refractivity contribution in [2.75, 3.05) is 6.61 Å². The number of fused-ring (bicyclic) bond motifs is 1. The highest BCUT2D eigenvalue weighted by Crippen LogP contribution is 2.31. The Labute approximate surface area is 145 Å². The normalized spacial score (nSPS) is 14.8. The van der Waals surface area contributed by atoms with Gasteiger partial charge in [0, 0.05) is 19.0 Å². The van der Waals surface area contributed by atoms with Crippen LogP contribution in [-0.2, 0) is 22.4 Å². The number of pyridine rings is 1. The van der Waals surface area contributed by atoms with E-state index in [2.05, 4.69) is 10.3 Å². The Balaban J connectivity index is 1.92. The molecule has 1 amide bonds. The fourth-order valence-electron chi connectivity index (χ4n) is 3.01. The summed E-state index contributed by atoms with van der Waals surface area (Å²) in [6.07, 6.45) is 2.29. The summed E-state index contributed by atoms with van der Waals surface area (Å²) in [6, 6.07) is 11.0. The molecule has 24 heavy (non-hydrogen) atoms. The molecule has 5 nitrogen and oxygen atoms in total. The molecule has 1 aromatic carbocycles. The molecule has 124 valence electrons. The van der Waals surface area contributed by atoms with Gasteiger partial charge in [0.15, 0.2) is 0 Å². The predicted octanol–water partition coefficient (Wildman–Crippen LogP) is 2.57. The van der Waals surface area contributed by atoms with E-state index in [-0.39, 0.29) is 17.3 Å². The topological polar surface area (TPSA) is 68.3 Å². The van der Waals surface area contributed by atoms with Crippen molar-refractivity contribution in [3.8, 4) is 0 Å². The number of amides is 1. The number of carbonyl (C=O) groups excluding carboxylic acids is 2. The highest BCUT2D eigenvalue weighted by atomic mass is 35.5. The molecule has 1 heterocycles. The van der Waals surface area contributed by atoms with Crippen LogP contribution in [-0.4, -0.2) is 29.0 Å². The molecule has 1 N–H and O–H groups in total. The van der Waals surface area contributed by atoms with Gasteiger partial charge in [-0.3, -0.25) is 4.79 Å². The maximum absolute atomic E-state index is 12.6. The summed E-state index contributed by atoms with van der Waals surface area (Å²) in [5.74, 6) is -0.872. The fourth-order valence-corrected chi connectivity index (χ4v) is 3.21. The molecule has 0 atom stereocenters. The Hall–Kier alpha value is -2.40. The SMILES string of the molecule is CCOC(=O)C1(NC(=O)c2cccnc2Cl)Cc2ccccc2C1. The van der Waals surface area contributed by atoms with Crippen LogP contribution in [0.15, 0.2) is 42.6 Å². The van der Waals surface area contributed by atoms with E-state index in [1.165, 1.54) is 6.20 Å². The average Bonchev–Trinajstić information content (AvgIpc) is 2.94. The summed E-state index contributed by atoms with van der Waals surface area (Å²) in [5, 5.41) is 2.94.